The van der Waals surface area contributed by atoms with Crippen molar-refractivity contribution in [3.63, 3.8) is 0 Å². The highest BCUT2D eigenvalue weighted by atomic mass is 79.9. The first-order chi connectivity index (χ1) is 9.38. The minimum atomic E-state index is 0.466. The molecule has 20 heavy (non-hydrogen) atoms. The van der Waals surface area contributed by atoms with Crippen LogP contribution in [0.4, 0.5) is 0 Å². The number of halogens is 3. The quantitative estimate of drug-likeness (QED) is 0.586. The molecule has 0 unspecified atom stereocenters. The third-order valence-corrected chi connectivity index (χ3v) is 4.74. The minimum absolute atomic E-state index is 0.466. The highest BCUT2D eigenvalue weighted by Crippen LogP contribution is 2.30. The number of nitrogens with zero attached hydrogens (tertiary/aromatic N) is 2. The predicted octanol–water partition coefficient (Wildman–Crippen LogP) is 5.83. The maximum absolute atomic E-state index is 6.23. The van der Waals surface area contributed by atoms with Crippen LogP contribution in [0.15, 0.2) is 27.1 Å². The molecule has 0 saturated heterocycles. The van der Waals surface area contributed by atoms with Gasteiger partial charge in [0.1, 0.15) is 5.15 Å². The zero-order valence-corrected chi connectivity index (χ0v) is 15.5. The lowest BCUT2D eigenvalue weighted by Crippen LogP contribution is -2.03. The maximum atomic E-state index is 6.23. The lowest BCUT2D eigenvalue weighted by Gasteiger charge is -2.11. The first-order valence-corrected chi connectivity index (χ1v) is 8.33. The average Bonchev–Trinajstić information content (AvgIpc) is 2.34. The van der Waals surface area contributed by atoms with Crippen LogP contribution in [0.25, 0.3) is 11.4 Å². The predicted molar refractivity (Wildman–Crippen MR) is 91.2 cm³/mol. The van der Waals surface area contributed by atoms with Gasteiger partial charge in [-0.15, -0.1) is 0 Å². The molecule has 0 fully saturated rings. The van der Waals surface area contributed by atoms with Gasteiger partial charge >= 0.3 is 0 Å². The van der Waals surface area contributed by atoms with Crippen molar-refractivity contribution >= 4 is 43.5 Å². The molecular weight excluding hydrogens is 403 g/mol. The monoisotopic (exact) mass is 416 g/mol. The van der Waals surface area contributed by atoms with Crippen molar-refractivity contribution < 1.29 is 0 Å². The van der Waals surface area contributed by atoms with Crippen molar-refractivity contribution in [3.05, 3.63) is 43.6 Å². The number of hydrogen-bond donors (Lipinski definition) is 0. The Morgan fingerprint density at radius 2 is 1.90 bits per heavy atom. The zero-order chi connectivity index (χ0) is 14.9. The largest absolute Gasteiger partial charge is 0.232 e. The molecule has 1 heterocycles. The molecule has 1 aromatic carbocycles. The van der Waals surface area contributed by atoms with E-state index in [1.807, 2.05) is 19.1 Å². The minimum Gasteiger partial charge on any atom is -0.232 e. The SMILES string of the molecule is Cc1cc(Br)ccc1-c1nc(Cl)c(Br)c(CC(C)C)n1. The summed E-state index contributed by atoms with van der Waals surface area (Å²) in [5, 5.41) is 0.466. The normalized spacial score (nSPS) is 11.2. The Bertz CT molecular complexity index is 642. The van der Waals surface area contributed by atoms with E-state index < -0.39 is 0 Å². The highest BCUT2D eigenvalue weighted by Gasteiger charge is 2.14. The molecule has 2 nitrogen and oxygen atoms in total. The third kappa shape index (κ3) is 3.60. The molecule has 106 valence electrons. The number of aryl methyl sites for hydroxylation is 1. The first kappa shape index (κ1) is 15.9. The summed E-state index contributed by atoms with van der Waals surface area (Å²) >= 11 is 13.2. The fourth-order valence-electron chi connectivity index (χ4n) is 1.98. The molecule has 1 aromatic heterocycles. The van der Waals surface area contributed by atoms with E-state index in [0.717, 1.165) is 32.2 Å². The highest BCUT2D eigenvalue weighted by molar-refractivity contribution is 9.10. The summed E-state index contributed by atoms with van der Waals surface area (Å²) in [4.78, 5) is 9.07. The van der Waals surface area contributed by atoms with Crippen molar-refractivity contribution in [2.45, 2.75) is 27.2 Å². The zero-order valence-electron chi connectivity index (χ0n) is 11.5. The molecule has 0 bridgehead atoms. The van der Waals surface area contributed by atoms with Crippen molar-refractivity contribution in [2.24, 2.45) is 5.92 Å². The second-order valence-electron chi connectivity index (χ2n) is 5.16. The van der Waals surface area contributed by atoms with E-state index in [2.05, 4.69) is 61.7 Å². The standard InChI is InChI=1S/C15H15Br2ClN2/c1-8(2)6-12-13(17)14(18)20-15(19-12)11-5-4-10(16)7-9(11)3/h4-5,7-8H,6H2,1-3H3. The summed E-state index contributed by atoms with van der Waals surface area (Å²) in [5.74, 6) is 1.19. The lowest BCUT2D eigenvalue weighted by atomic mass is 10.1. The van der Waals surface area contributed by atoms with Gasteiger partial charge in [-0.2, -0.15) is 0 Å². The maximum Gasteiger partial charge on any atom is 0.161 e. The third-order valence-electron chi connectivity index (χ3n) is 2.91. The van der Waals surface area contributed by atoms with Gasteiger partial charge in [-0.1, -0.05) is 41.4 Å². The van der Waals surface area contributed by atoms with Crippen LogP contribution >= 0.6 is 43.5 Å². The first-order valence-electron chi connectivity index (χ1n) is 6.37. The molecule has 2 rings (SSSR count). The van der Waals surface area contributed by atoms with E-state index in [9.17, 15) is 0 Å². The topological polar surface area (TPSA) is 25.8 Å². The molecule has 0 aliphatic heterocycles. The molecule has 0 amide bonds. The van der Waals surface area contributed by atoms with Gasteiger partial charge in [-0.05, 0) is 59.0 Å². The van der Waals surface area contributed by atoms with Crippen LogP contribution in [0.5, 0.6) is 0 Å². The Balaban J connectivity index is 2.54. The fourth-order valence-corrected chi connectivity index (χ4v) is 2.99. The molecule has 0 aliphatic rings. The fraction of sp³-hybridized carbons (Fsp3) is 0.333. The van der Waals surface area contributed by atoms with E-state index in [4.69, 9.17) is 11.6 Å². The van der Waals surface area contributed by atoms with E-state index in [-0.39, 0.29) is 0 Å². The van der Waals surface area contributed by atoms with Gasteiger partial charge in [0.2, 0.25) is 0 Å². The van der Waals surface area contributed by atoms with Crippen LogP contribution in [0, 0.1) is 12.8 Å². The van der Waals surface area contributed by atoms with Gasteiger partial charge in [0.05, 0.1) is 10.2 Å². The van der Waals surface area contributed by atoms with Gasteiger partial charge < -0.3 is 0 Å². The smallest absolute Gasteiger partial charge is 0.161 e. The molecular formula is C15H15Br2ClN2. The molecule has 0 atom stereocenters. The number of hydrogen-bond acceptors (Lipinski definition) is 2. The molecule has 0 spiro atoms. The van der Waals surface area contributed by atoms with Gasteiger partial charge in [0.15, 0.2) is 5.82 Å². The van der Waals surface area contributed by atoms with Gasteiger partial charge in [-0.3, -0.25) is 0 Å². The number of aromatic nitrogens is 2. The Morgan fingerprint density at radius 1 is 1.20 bits per heavy atom. The van der Waals surface area contributed by atoms with Crippen LogP contribution < -0.4 is 0 Å². The summed E-state index contributed by atoms with van der Waals surface area (Å²) < 4.78 is 1.84. The van der Waals surface area contributed by atoms with Crippen LogP contribution in [0.1, 0.15) is 25.1 Å². The molecule has 5 heteroatoms. The number of rotatable bonds is 3. The van der Waals surface area contributed by atoms with E-state index >= 15 is 0 Å². The summed E-state index contributed by atoms with van der Waals surface area (Å²) in [6.45, 7) is 6.36. The van der Waals surface area contributed by atoms with Crippen molar-refractivity contribution in [2.75, 3.05) is 0 Å². The Morgan fingerprint density at radius 3 is 2.50 bits per heavy atom. The Hall–Kier alpha value is -0.450. The second-order valence-corrected chi connectivity index (χ2v) is 7.22. The molecule has 0 aliphatic carbocycles. The molecule has 0 radical (unpaired) electrons. The molecule has 2 aromatic rings. The van der Waals surface area contributed by atoms with E-state index in [1.165, 1.54) is 0 Å². The molecule has 0 N–H and O–H groups in total. The Kier molecular flexibility index (Phi) is 5.21. The van der Waals surface area contributed by atoms with Gasteiger partial charge in [0, 0.05) is 10.0 Å². The summed E-state index contributed by atoms with van der Waals surface area (Å²) in [6.07, 6.45) is 0.866. The van der Waals surface area contributed by atoms with Gasteiger partial charge in [0.25, 0.3) is 0 Å². The lowest BCUT2D eigenvalue weighted by molar-refractivity contribution is 0.632. The van der Waals surface area contributed by atoms with Gasteiger partial charge in [-0.25, -0.2) is 9.97 Å². The van der Waals surface area contributed by atoms with Crippen LogP contribution in [-0.4, -0.2) is 9.97 Å². The van der Waals surface area contributed by atoms with Crippen molar-refractivity contribution in [3.8, 4) is 11.4 Å². The van der Waals surface area contributed by atoms with Crippen LogP contribution in [0.3, 0.4) is 0 Å². The van der Waals surface area contributed by atoms with Crippen molar-refractivity contribution in [1.29, 1.82) is 0 Å². The van der Waals surface area contributed by atoms with Crippen LogP contribution in [0.2, 0.25) is 5.15 Å². The number of benzene rings is 1. The van der Waals surface area contributed by atoms with E-state index in [0.29, 0.717) is 16.9 Å². The van der Waals surface area contributed by atoms with Crippen LogP contribution in [-0.2, 0) is 6.42 Å². The summed E-state index contributed by atoms with van der Waals surface area (Å²) in [5.41, 5.74) is 3.08. The average molecular weight is 419 g/mol. The Labute approximate surface area is 141 Å². The summed E-state index contributed by atoms with van der Waals surface area (Å²) in [6, 6.07) is 6.05. The van der Waals surface area contributed by atoms with Crippen molar-refractivity contribution in [1.82, 2.24) is 9.97 Å². The second kappa shape index (κ2) is 6.54. The summed E-state index contributed by atoms with van der Waals surface area (Å²) in [7, 11) is 0. The van der Waals surface area contributed by atoms with E-state index in [1.54, 1.807) is 0 Å². The molecule has 0 saturated carbocycles.